The standard InChI is InChI=1S/C8H11F3N2O3/c9-8(10,11)7(15)16-5(12)6(14)13-3-4-1-2-4/h4-5H,1-3,12H2,(H,13,14). The number of nitrogens with two attached hydrogens (primary N) is 1. The molecular formula is C8H11F3N2O3. The van der Waals surface area contributed by atoms with Gasteiger partial charge in [0.1, 0.15) is 0 Å². The van der Waals surface area contributed by atoms with Crippen molar-refractivity contribution in [3.8, 4) is 0 Å². The SMILES string of the molecule is NC(OC(=O)C(F)(F)F)C(=O)NCC1CC1. The molecule has 1 rings (SSSR count). The van der Waals surface area contributed by atoms with Crippen LogP contribution >= 0.6 is 0 Å². The summed E-state index contributed by atoms with van der Waals surface area (Å²) in [5, 5.41) is 2.29. The number of hydrogen-bond acceptors (Lipinski definition) is 4. The highest BCUT2D eigenvalue weighted by Crippen LogP contribution is 2.27. The Morgan fingerprint density at radius 3 is 2.44 bits per heavy atom. The maximum atomic E-state index is 11.7. The Hall–Kier alpha value is -1.31. The third-order valence-electron chi connectivity index (χ3n) is 1.99. The first-order chi connectivity index (χ1) is 7.30. The molecule has 0 spiro atoms. The normalized spacial score (nSPS) is 17.8. The van der Waals surface area contributed by atoms with Crippen LogP contribution in [-0.4, -0.2) is 30.8 Å². The number of carbonyl (C=O) groups is 2. The van der Waals surface area contributed by atoms with E-state index < -0.39 is 24.3 Å². The number of amides is 1. The number of nitrogens with one attached hydrogen (secondary N) is 1. The molecule has 1 fully saturated rings. The van der Waals surface area contributed by atoms with Crippen LogP contribution in [0.25, 0.3) is 0 Å². The lowest BCUT2D eigenvalue weighted by Gasteiger charge is -2.13. The van der Waals surface area contributed by atoms with Crippen molar-refractivity contribution in [1.29, 1.82) is 0 Å². The van der Waals surface area contributed by atoms with Gasteiger partial charge in [0.05, 0.1) is 0 Å². The van der Waals surface area contributed by atoms with Gasteiger partial charge < -0.3 is 10.1 Å². The summed E-state index contributed by atoms with van der Waals surface area (Å²) in [5.74, 6) is -3.04. The molecule has 0 saturated heterocycles. The molecule has 5 nitrogen and oxygen atoms in total. The summed E-state index contributed by atoms with van der Waals surface area (Å²) < 4.78 is 38.9. The van der Waals surface area contributed by atoms with Crippen LogP contribution in [0.3, 0.4) is 0 Å². The van der Waals surface area contributed by atoms with Gasteiger partial charge in [-0.25, -0.2) is 4.79 Å². The molecule has 0 aromatic heterocycles. The van der Waals surface area contributed by atoms with Crippen LogP contribution in [0.15, 0.2) is 0 Å². The minimum Gasteiger partial charge on any atom is -0.430 e. The van der Waals surface area contributed by atoms with E-state index in [1.54, 1.807) is 0 Å². The second-order valence-electron chi connectivity index (χ2n) is 3.51. The van der Waals surface area contributed by atoms with Gasteiger partial charge in [-0.05, 0) is 18.8 Å². The van der Waals surface area contributed by atoms with E-state index in [2.05, 4.69) is 10.1 Å². The second-order valence-corrected chi connectivity index (χ2v) is 3.51. The zero-order valence-electron chi connectivity index (χ0n) is 8.21. The van der Waals surface area contributed by atoms with Crippen molar-refractivity contribution >= 4 is 11.9 Å². The Labute approximate surface area is 89.1 Å². The van der Waals surface area contributed by atoms with Crippen LogP contribution in [0.2, 0.25) is 0 Å². The van der Waals surface area contributed by atoms with E-state index in [1.165, 1.54) is 0 Å². The van der Waals surface area contributed by atoms with Crippen LogP contribution < -0.4 is 11.1 Å². The number of carbonyl (C=O) groups excluding carboxylic acids is 2. The van der Waals surface area contributed by atoms with Crippen LogP contribution in [0, 0.1) is 5.92 Å². The number of halogens is 3. The molecule has 8 heteroatoms. The summed E-state index contributed by atoms with van der Waals surface area (Å²) in [4.78, 5) is 21.4. The average molecular weight is 240 g/mol. The van der Waals surface area contributed by atoms with Gasteiger partial charge in [0.2, 0.25) is 6.23 Å². The smallest absolute Gasteiger partial charge is 0.430 e. The van der Waals surface area contributed by atoms with Gasteiger partial charge in [-0.15, -0.1) is 0 Å². The van der Waals surface area contributed by atoms with Gasteiger partial charge in [-0.3, -0.25) is 10.5 Å². The minimum absolute atomic E-state index is 0.343. The molecule has 0 heterocycles. The first-order valence-corrected chi connectivity index (χ1v) is 4.62. The molecule has 1 amide bonds. The van der Waals surface area contributed by atoms with Crippen molar-refractivity contribution in [2.75, 3.05) is 6.54 Å². The lowest BCUT2D eigenvalue weighted by atomic mass is 10.4. The molecule has 92 valence electrons. The first kappa shape index (κ1) is 12.8. The summed E-state index contributed by atoms with van der Waals surface area (Å²) >= 11 is 0. The summed E-state index contributed by atoms with van der Waals surface area (Å²) in [6.45, 7) is 0.343. The Bertz CT molecular complexity index is 289. The van der Waals surface area contributed by atoms with E-state index in [0.717, 1.165) is 12.8 Å². The van der Waals surface area contributed by atoms with E-state index in [-0.39, 0.29) is 0 Å². The van der Waals surface area contributed by atoms with Crippen molar-refractivity contribution in [3.05, 3.63) is 0 Å². The summed E-state index contributed by atoms with van der Waals surface area (Å²) in [6.07, 6.45) is -5.13. The zero-order chi connectivity index (χ0) is 12.3. The quantitative estimate of drug-likeness (QED) is 0.531. The molecule has 16 heavy (non-hydrogen) atoms. The average Bonchev–Trinajstić information content (AvgIpc) is 2.95. The highest BCUT2D eigenvalue weighted by molar-refractivity contribution is 5.84. The molecule has 0 aromatic rings. The van der Waals surface area contributed by atoms with Gasteiger partial charge >= 0.3 is 12.1 Å². The molecule has 1 unspecified atom stereocenters. The van der Waals surface area contributed by atoms with Crippen LogP contribution in [0.5, 0.6) is 0 Å². The molecule has 0 aliphatic heterocycles. The van der Waals surface area contributed by atoms with E-state index in [1.807, 2.05) is 0 Å². The Morgan fingerprint density at radius 1 is 1.44 bits per heavy atom. The number of rotatable bonds is 4. The third-order valence-corrected chi connectivity index (χ3v) is 1.99. The van der Waals surface area contributed by atoms with Crippen LogP contribution in [0.4, 0.5) is 13.2 Å². The van der Waals surface area contributed by atoms with Crippen LogP contribution in [0.1, 0.15) is 12.8 Å². The molecular weight excluding hydrogens is 229 g/mol. The molecule has 0 aromatic carbocycles. The van der Waals surface area contributed by atoms with Gasteiger partial charge in [0, 0.05) is 6.54 Å². The predicted molar refractivity (Wildman–Crippen MR) is 45.9 cm³/mol. The monoisotopic (exact) mass is 240 g/mol. The Kier molecular flexibility index (Phi) is 3.74. The number of esters is 1. The first-order valence-electron chi connectivity index (χ1n) is 4.62. The second kappa shape index (κ2) is 4.69. The maximum absolute atomic E-state index is 11.7. The van der Waals surface area contributed by atoms with Gasteiger partial charge in [-0.1, -0.05) is 0 Å². The lowest BCUT2D eigenvalue weighted by Crippen LogP contribution is -2.46. The largest absolute Gasteiger partial charge is 0.490 e. The molecule has 0 radical (unpaired) electrons. The number of alkyl halides is 3. The van der Waals surface area contributed by atoms with Gasteiger partial charge in [0.15, 0.2) is 0 Å². The summed E-state index contributed by atoms with van der Waals surface area (Å²) in [6, 6.07) is 0. The molecule has 3 N–H and O–H groups in total. The summed E-state index contributed by atoms with van der Waals surface area (Å²) in [7, 11) is 0. The van der Waals surface area contributed by atoms with E-state index in [9.17, 15) is 22.8 Å². The summed E-state index contributed by atoms with van der Waals surface area (Å²) in [5.41, 5.74) is 4.97. The van der Waals surface area contributed by atoms with Crippen molar-refractivity contribution in [1.82, 2.24) is 5.32 Å². The topological polar surface area (TPSA) is 81.4 Å². The highest BCUT2D eigenvalue weighted by Gasteiger charge is 2.42. The van der Waals surface area contributed by atoms with Gasteiger partial charge in [-0.2, -0.15) is 13.2 Å². The predicted octanol–water partition coefficient (Wildman–Crippen LogP) is -0.0971. The highest BCUT2D eigenvalue weighted by atomic mass is 19.4. The molecule has 1 saturated carbocycles. The lowest BCUT2D eigenvalue weighted by molar-refractivity contribution is -0.205. The van der Waals surface area contributed by atoms with Crippen molar-refractivity contribution < 1.29 is 27.5 Å². The van der Waals surface area contributed by atoms with Gasteiger partial charge in [0.25, 0.3) is 5.91 Å². The van der Waals surface area contributed by atoms with E-state index >= 15 is 0 Å². The fourth-order valence-electron chi connectivity index (χ4n) is 0.903. The van der Waals surface area contributed by atoms with Crippen molar-refractivity contribution in [2.45, 2.75) is 25.2 Å². The maximum Gasteiger partial charge on any atom is 0.490 e. The number of hydrogen-bond donors (Lipinski definition) is 2. The fraction of sp³-hybridized carbons (Fsp3) is 0.750. The molecule has 1 aliphatic carbocycles. The van der Waals surface area contributed by atoms with E-state index in [0.29, 0.717) is 12.5 Å². The molecule has 1 atom stereocenters. The molecule has 0 bridgehead atoms. The minimum atomic E-state index is -5.14. The Balaban J connectivity index is 2.29. The Morgan fingerprint density at radius 2 is 2.00 bits per heavy atom. The molecule has 1 aliphatic rings. The van der Waals surface area contributed by atoms with Crippen molar-refractivity contribution in [2.24, 2.45) is 11.7 Å². The zero-order valence-corrected chi connectivity index (χ0v) is 8.21. The third kappa shape index (κ3) is 4.05. The van der Waals surface area contributed by atoms with Crippen LogP contribution in [-0.2, 0) is 14.3 Å². The number of ether oxygens (including phenoxy) is 1. The van der Waals surface area contributed by atoms with Crippen molar-refractivity contribution in [3.63, 3.8) is 0 Å². The fourth-order valence-corrected chi connectivity index (χ4v) is 0.903. The van der Waals surface area contributed by atoms with E-state index in [4.69, 9.17) is 5.73 Å².